The number of amides is 1. The molecule has 0 aliphatic heterocycles. The van der Waals surface area contributed by atoms with E-state index < -0.39 is 0 Å². The molecular formula is C14H11ClN4O2S. The minimum absolute atomic E-state index is 0.164. The van der Waals surface area contributed by atoms with E-state index in [1.165, 1.54) is 28.4 Å². The lowest BCUT2D eigenvalue weighted by Crippen LogP contribution is -2.17. The summed E-state index contributed by atoms with van der Waals surface area (Å²) >= 11 is 6.94. The van der Waals surface area contributed by atoms with Gasteiger partial charge in [-0.15, -0.1) is 11.3 Å². The molecule has 0 aliphatic carbocycles. The van der Waals surface area contributed by atoms with Crippen LogP contribution in [0.1, 0.15) is 15.2 Å². The first-order chi connectivity index (χ1) is 10.5. The van der Waals surface area contributed by atoms with Crippen LogP contribution in [0.4, 0.5) is 5.82 Å². The molecule has 0 bridgehead atoms. The SMILES string of the molecule is Cc1c(C(=O)Nc2ccc(Cl)cn2)sc2ncn(C)c(=O)c12. The van der Waals surface area contributed by atoms with Crippen molar-refractivity contribution in [3.8, 4) is 0 Å². The van der Waals surface area contributed by atoms with E-state index in [0.717, 1.165) is 0 Å². The van der Waals surface area contributed by atoms with Crippen molar-refractivity contribution < 1.29 is 4.79 Å². The highest BCUT2D eigenvalue weighted by atomic mass is 35.5. The molecule has 0 saturated carbocycles. The monoisotopic (exact) mass is 334 g/mol. The Morgan fingerprint density at radius 2 is 2.14 bits per heavy atom. The normalized spacial score (nSPS) is 10.9. The third-order valence-corrected chi connectivity index (χ3v) is 4.61. The highest BCUT2D eigenvalue weighted by molar-refractivity contribution is 7.20. The number of aryl methyl sites for hydroxylation is 2. The van der Waals surface area contributed by atoms with Gasteiger partial charge in [0.05, 0.1) is 21.6 Å². The van der Waals surface area contributed by atoms with Crippen molar-refractivity contribution in [3.05, 3.63) is 50.5 Å². The van der Waals surface area contributed by atoms with E-state index >= 15 is 0 Å². The van der Waals surface area contributed by atoms with Gasteiger partial charge in [-0.1, -0.05) is 11.6 Å². The molecular weight excluding hydrogens is 324 g/mol. The van der Waals surface area contributed by atoms with Crippen molar-refractivity contribution in [2.75, 3.05) is 5.32 Å². The fraction of sp³-hybridized carbons (Fsp3) is 0.143. The van der Waals surface area contributed by atoms with Gasteiger partial charge in [0.1, 0.15) is 10.6 Å². The summed E-state index contributed by atoms with van der Waals surface area (Å²) in [7, 11) is 1.63. The number of nitrogens with zero attached hydrogens (tertiary/aromatic N) is 3. The van der Waals surface area contributed by atoms with Gasteiger partial charge in [-0.3, -0.25) is 9.59 Å². The fourth-order valence-electron chi connectivity index (χ4n) is 2.05. The molecule has 0 aliphatic rings. The standard InChI is InChI=1S/C14H11ClN4O2S/c1-7-10-13(17-6-19(2)14(10)21)22-11(7)12(20)18-9-4-3-8(15)5-16-9/h3-6H,1-2H3,(H,16,18,20). The molecule has 3 heterocycles. The number of halogens is 1. The molecule has 0 radical (unpaired) electrons. The van der Waals surface area contributed by atoms with Crippen molar-refractivity contribution in [1.82, 2.24) is 14.5 Å². The van der Waals surface area contributed by atoms with Gasteiger partial charge in [-0.25, -0.2) is 9.97 Å². The molecule has 0 saturated heterocycles. The van der Waals surface area contributed by atoms with Crippen LogP contribution in [0.3, 0.4) is 0 Å². The van der Waals surface area contributed by atoms with E-state index in [2.05, 4.69) is 15.3 Å². The van der Waals surface area contributed by atoms with Gasteiger partial charge in [0.15, 0.2) is 0 Å². The van der Waals surface area contributed by atoms with E-state index in [9.17, 15) is 9.59 Å². The summed E-state index contributed by atoms with van der Waals surface area (Å²) in [4.78, 5) is 33.7. The Labute approximate surface area is 134 Å². The topological polar surface area (TPSA) is 76.9 Å². The predicted molar refractivity (Wildman–Crippen MR) is 86.8 cm³/mol. The van der Waals surface area contributed by atoms with Gasteiger partial charge in [-0.05, 0) is 24.6 Å². The number of anilines is 1. The zero-order valence-electron chi connectivity index (χ0n) is 11.8. The predicted octanol–water partition coefficient (Wildman–Crippen LogP) is 2.60. The van der Waals surface area contributed by atoms with Gasteiger partial charge >= 0.3 is 0 Å². The summed E-state index contributed by atoms with van der Waals surface area (Å²) < 4.78 is 1.39. The third kappa shape index (κ3) is 2.49. The number of aromatic nitrogens is 3. The molecule has 1 N–H and O–H groups in total. The Kier molecular flexibility index (Phi) is 3.67. The molecule has 0 spiro atoms. The minimum atomic E-state index is -0.322. The Morgan fingerprint density at radius 3 is 2.82 bits per heavy atom. The average Bonchev–Trinajstić information content (AvgIpc) is 2.83. The lowest BCUT2D eigenvalue weighted by Gasteiger charge is -2.03. The van der Waals surface area contributed by atoms with Crippen LogP contribution >= 0.6 is 22.9 Å². The van der Waals surface area contributed by atoms with Gasteiger partial charge < -0.3 is 9.88 Å². The van der Waals surface area contributed by atoms with Crippen molar-refractivity contribution in [2.24, 2.45) is 7.05 Å². The second kappa shape index (κ2) is 5.51. The van der Waals surface area contributed by atoms with Crippen LogP contribution in [-0.4, -0.2) is 20.4 Å². The van der Waals surface area contributed by atoms with Gasteiger partial charge in [0.2, 0.25) is 0 Å². The van der Waals surface area contributed by atoms with Crippen LogP contribution in [0.25, 0.3) is 10.2 Å². The van der Waals surface area contributed by atoms with Crippen LogP contribution in [-0.2, 0) is 7.05 Å². The van der Waals surface area contributed by atoms with Crippen LogP contribution < -0.4 is 10.9 Å². The smallest absolute Gasteiger partial charge is 0.267 e. The van der Waals surface area contributed by atoms with Crippen LogP contribution in [0.5, 0.6) is 0 Å². The Balaban J connectivity index is 2.01. The van der Waals surface area contributed by atoms with Crippen LogP contribution in [0.2, 0.25) is 5.02 Å². The number of fused-ring (bicyclic) bond motifs is 1. The highest BCUT2D eigenvalue weighted by Crippen LogP contribution is 2.27. The Bertz CT molecular complexity index is 930. The van der Waals surface area contributed by atoms with Crippen molar-refractivity contribution in [2.45, 2.75) is 6.92 Å². The molecule has 6 nitrogen and oxygen atoms in total. The van der Waals surface area contributed by atoms with Gasteiger partial charge in [0.25, 0.3) is 11.5 Å². The first-order valence-electron chi connectivity index (χ1n) is 6.35. The van der Waals surface area contributed by atoms with E-state index in [1.54, 1.807) is 26.1 Å². The number of hydrogen-bond acceptors (Lipinski definition) is 5. The van der Waals surface area contributed by atoms with E-state index in [1.807, 2.05) is 0 Å². The van der Waals surface area contributed by atoms with E-state index in [-0.39, 0.29) is 11.5 Å². The van der Waals surface area contributed by atoms with Crippen molar-refractivity contribution >= 4 is 44.9 Å². The molecule has 0 fully saturated rings. The van der Waals surface area contributed by atoms with E-state index in [0.29, 0.717) is 31.5 Å². The average molecular weight is 335 g/mol. The summed E-state index contributed by atoms with van der Waals surface area (Å²) in [6.45, 7) is 1.74. The number of pyridine rings is 1. The lowest BCUT2D eigenvalue weighted by atomic mass is 10.2. The van der Waals surface area contributed by atoms with Crippen molar-refractivity contribution in [3.63, 3.8) is 0 Å². The number of rotatable bonds is 2. The molecule has 22 heavy (non-hydrogen) atoms. The summed E-state index contributed by atoms with van der Waals surface area (Å²) in [5.41, 5.74) is 0.461. The molecule has 0 unspecified atom stereocenters. The number of thiophene rings is 1. The zero-order valence-corrected chi connectivity index (χ0v) is 13.3. The molecule has 1 amide bonds. The zero-order chi connectivity index (χ0) is 15.9. The minimum Gasteiger partial charge on any atom is -0.306 e. The van der Waals surface area contributed by atoms with Crippen LogP contribution in [0, 0.1) is 6.92 Å². The summed E-state index contributed by atoms with van der Waals surface area (Å²) in [5.74, 6) is 0.0736. The summed E-state index contributed by atoms with van der Waals surface area (Å²) in [6, 6.07) is 3.25. The molecule has 0 aromatic carbocycles. The molecule has 3 rings (SSSR count). The maximum Gasteiger partial charge on any atom is 0.267 e. The lowest BCUT2D eigenvalue weighted by molar-refractivity contribution is 0.102. The molecule has 3 aromatic heterocycles. The maximum atomic E-state index is 12.4. The molecule has 0 atom stereocenters. The second-order valence-corrected chi connectivity index (χ2v) is 6.15. The first-order valence-corrected chi connectivity index (χ1v) is 7.54. The van der Waals surface area contributed by atoms with Crippen LogP contribution in [0.15, 0.2) is 29.5 Å². The van der Waals surface area contributed by atoms with Gasteiger partial charge in [0, 0.05) is 13.2 Å². The van der Waals surface area contributed by atoms with E-state index in [4.69, 9.17) is 11.6 Å². The fourth-order valence-corrected chi connectivity index (χ4v) is 3.19. The molecule has 112 valence electrons. The second-order valence-electron chi connectivity index (χ2n) is 4.71. The maximum absolute atomic E-state index is 12.4. The molecule has 8 heteroatoms. The Morgan fingerprint density at radius 1 is 1.36 bits per heavy atom. The van der Waals surface area contributed by atoms with Gasteiger partial charge in [-0.2, -0.15) is 0 Å². The first kappa shape index (κ1) is 14.7. The third-order valence-electron chi connectivity index (χ3n) is 3.19. The number of carbonyl (C=O) groups excluding carboxylic acids is 1. The number of nitrogens with one attached hydrogen (secondary N) is 1. The van der Waals surface area contributed by atoms with Crippen molar-refractivity contribution in [1.29, 1.82) is 0 Å². The Hall–Kier alpha value is -2.25. The largest absolute Gasteiger partial charge is 0.306 e. The molecule has 3 aromatic rings. The summed E-state index contributed by atoms with van der Waals surface area (Å²) in [5, 5.41) is 3.65. The number of hydrogen-bond donors (Lipinski definition) is 1. The summed E-state index contributed by atoms with van der Waals surface area (Å²) in [6.07, 6.45) is 2.90. The number of carbonyl (C=O) groups is 1. The highest BCUT2D eigenvalue weighted by Gasteiger charge is 2.19. The quantitative estimate of drug-likeness (QED) is 0.781.